The molecule has 0 radical (unpaired) electrons. The Labute approximate surface area is 93.0 Å². The molecule has 0 aliphatic rings. The van der Waals surface area contributed by atoms with E-state index in [1.54, 1.807) is 11.6 Å². The summed E-state index contributed by atoms with van der Waals surface area (Å²) < 4.78 is 27.1. The van der Waals surface area contributed by atoms with E-state index in [0.717, 1.165) is 0 Å². The highest BCUT2D eigenvalue weighted by Crippen LogP contribution is 2.03. The van der Waals surface area contributed by atoms with Crippen molar-refractivity contribution < 1.29 is 8.42 Å². The van der Waals surface area contributed by atoms with Crippen LogP contribution in [0.25, 0.3) is 10.4 Å². The van der Waals surface area contributed by atoms with Gasteiger partial charge in [-0.3, -0.25) is 0 Å². The summed E-state index contributed by atoms with van der Waals surface area (Å²) in [6, 6.07) is 0. The number of azide groups is 1. The van der Waals surface area contributed by atoms with Crippen LogP contribution in [0, 0.1) is 0 Å². The van der Waals surface area contributed by atoms with Gasteiger partial charge in [-0.2, -0.15) is 0 Å². The van der Waals surface area contributed by atoms with Crippen molar-refractivity contribution in [2.45, 2.75) is 11.4 Å². The molecule has 1 aromatic rings. The van der Waals surface area contributed by atoms with E-state index in [4.69, 9.17) is 5.53 Å². The third-order valence-electron chi connectivity index (χ3n) is 1.75. The Morgan fingerprint density at radius 1 is 1.69 bits per heavy atom. The Kier molecular flexibility index (Phi) is 4.29. The maximum Gasteiger partial charge on any atom is 0.259 e. The average molecular weight is 244 g/mol. The first-order valence-corrected chi connectivity index (χ1v) is 6.03. The molecule has 0 saturated heterocycles. The fraction of sp³-hybridized carbons (Fsp3) is 0.571. The number of aryl methyl sites for hydroxylation is 1. The van der Waals surface area contributed by atoms with Crippen molar-refractivity contribution in [3.8, 4) is 0 Å². The molecule has 16 heavy (non-hydrogen) atoms. The van der Waals surface area contributed by atoms with Gasteiger partial charge in [0.05, 0.1) is 6.33 Å². The summed E-state index contributed by atoms with van der Waals surface area (Å²) in [5, 5.41) is 3.28. The number of imidazole rings is 1. The Bertz CT molecular complexity index is 487. The number of sulfonamides is 1. The molecule has 88 valence electrons. The van der Waals surface area contributed by atoms with Crippen LogP contribution >= 0.6 is 0 Å². The first-order chi connectivity index (χ1) is 7.56. The lowest BCUT2D eigenvalue weighted by Crippen LogP contribution is -2.25. The molecule has 0 fully saturated rings. The van der Waals surface area contributed by atoms with Crippen LogP contribution in [0.2, 0.25) is 0 Å². The topological polar surface area (TPSA) is 113 Å². The van der Waals surface area contributed by atoms with Crippen LogP contribution in [0.3, 0.4) is 0 Å². The van der Waals surface area contributed by atoms with E-state index in [0.29, 0.717) is 6.42 Å². The number of hydrogen-bond acceptors (Lipinski definition) is 4. The second-order valence-electron chi connectivity index (χ2n) is 3.08. The summed E-state index contributed by atoms with van der Waals surface area (Å²) in [7, 11) is -1.86. The van der Waals surface area contributed by atoms with Crippen molar-refractivity contribution in [1.82, 2.24) is 14.3 Å². The lowest BCUT2D eigenvalue weighted by molar-refractivity contribution is 0.576. The number of hydrogen-bond donors (Lipinski definition) is 1. The van der Waals surface area contributed by atoms with Crippen molar-refractivity contribution >= 4 is 10.0 Å². The van der Waals surface area contributed by atoms with Gasteiger partial charge in [-0.05, 0) is 12.0 Å². The van der Waals surface area contributed by atoms with Crippen LogP contribution in [0.4, 0.5) is 0 Å². The van der Waals surface area contributed by atoms with Crippen LogP contribution in [0.5, 0.6) is 0 Å². The largest absolute Gasteiger partial charge is 0.339 e. The van der Waals surface area contributed by atoms with Gasteiger partial charge in [-0.25, -0.2) is 18.1 Å². The van der Waals surface area contributed by atoms with Gasteiger partial charge in [0.2, 0.25) is 0 Å². The van der Waals surface area contributed by atoms with E-state index in [-0.39, 0.29) is 18.1 Å². The van der Waals surface area contributed by atoms with Crippen LogP contribution in [0.1, 0.15) is 6.42 Å². The maximum atomic E-state index is 11.6. The maximum absolute atomic E-state index is 11.6. The predicted molar refractivity (Wildman–Crippen MR) is 57.0 cm³/mol. The van der Waals surface area contributed by atoms with E-state index in [1.807, 2.05) is 0 Å². The highest BCUT2D eigenvalue weighted by molar-refractivity contribution is 7.89. The molecule has 0 unspecified atom stereocenters. The van der Waals surface area contributed by atoms with E-state index in [1.165, 1.54) is 12.5 Å². The van der Waals surface area contributed by atoms with Gasteiger partial charge in [-0.15, -0.1) is 0 Å². The molecule has 1 aromatic heterocycles. The second-order valence-corrected chi connectivity index (χ2v) is 4.80. The summed E-state index contributed by atoms with van der Waals surface area (Å²) in [4.78, 5) is 6.30. The molecule has 1 rings (SSSR count). The van der Waals surface area contributed by atoms with Crippen LogP contribution in [-0.2, 0) is 17.1 Å². The number of rotatable bonds is 6. The molecule has 0 bridgehead atoms. The van der Waals surface area contributed by atoms with E-state index >= 15 is 0 Å². The Morgan fingerprint density at radius 2 is 2.44 bits per heavy atom. The van der Waals surface area contributed by atoms with Crippen LogP contribution < -0.4 is 4.72 Å². The first-order valence-electron chi connectivity index (χ1n) is 4.55. The van der Waals surface area contributed by atoms with Crippen LogP contribution in [-0.4, -0.2) is 31.1 Å². The van der Waals surface area contributed by atoms with Crippen molar-refractivity contribution in [1.29, 1.82) is 0 Å². The summed E-state index contributed by atoms with van der Waals surface area (Å²) >= 11 is 0. The number of nitrogens with one attached hydrogen (secondary N) is 1. The second kappa shape index (κ2) is 5.50. The minimum absolute atomic E-state index is 0.0150. The van der Waals surface area contributed by atoms with Gasteiger partial charge in [0.25, 0.3) is 10.0 Å². The standard InChI is InChI=1S/C7H12N6O2S/c1-13-5-7(9-6-13)16(14,15)11-4-2-3-10-12-8/h5-6,11H,2-4H2,1H3. The molecule has 9 heteroatoms. The monoisotopic (exact) mass is 244 g/mol. The molecule has 0 atom stereocenters. The Hall–Kier alpha value is -1.57. The van der Waals surface area contributed by atoms with Gasteiger partial charge in [-0.1, -0.05) is 5.11 Å². The lowest BCUT2D eigenvalue weighted by atomic mass is 10.4. The van der Waals surface area contributed by atoms with Gasteiger partial charge in [0.15, 0.2) is 5.03 Å². The van der Waals surface area contributed by atoms with Crippen molar-refractivity contribution in [2.75, 3.05) is 13.1 Å². The number of nitrogens with zero attached hydrogens (tertiary/aromatic N) is 5. The molecular weight excluding hydrogens is 232 g/mol. The summed E-state index contributed by atoms with van der Waals surface area (Å²) in [6.07, 6.45) is 3.28. The van der Waals surface area contributed by atoms with Gasteiger partial charge in [0, 0.05) is 31.2 Å². The van der Waals surface area contributed by atoms with Crippen LogP contribution in [0.15, 0.2) is 22.7 Å². The molecular formula is C7H12N6O2S. The van der Waals surface area contributed by atoms with E-state index in [9.17, 15) is 8.42 Å². The average Bonchev–Trinajstić information content (AvgIpc) is 2.65. The fourth-order valence-electron chi connectivity index (χ4n) is 1.00. The van der Waals surface area contributed by atoms with Gasteiger partial charge < -0.3 is 4.57 Å². The van der Waals surface area contributed by atoms with Crippen molar-refractivity contribution in [3.63, 3.8) is 0 Å². The normalized spacial score (nSPS) is 11.1. The molecule has 0 aromatic carbocycles. The zero-order valence-corrected chi connectivity index (χ0v) is 9.55. The van der Waals surface area contributed by atoms with Crippen molar-refractivity contribution in [2.24, 2.45) is 12.2 Å². The summed E-state index contributed by atoms with van der Waals surface area (Å²) in [5.74, 6) is 0. The first kappa shape index (κ1) is 12.5. The SMILES string of the molecule is Cn1cnc(S(=O)(=O)NCCCN=[N+]=[N-])c1. The zero-order chi connectivity index (χ0) is 12.0. The molecule has 1 heterocycles. The third-order valence-corrected chi connectivity index (χ3v) is 3.09. The molecule has 0 aliphatic heterocycles. The smallest absolute Gasteiger partial charge is 0.259 e. The highest BCUT2D eigenvalue weighted by Gasteiger charge is 2.15. The quantitative estimate of drug-likeness (QED) is 0.338. The molecule has 0 spiro atoms. The molecule has 0 amide bonds. The minimum atomic E-state index is -3.54. The van der Waals surface area contributed by atoms with Crippen molar-refractivity contribution in [3.05, 3.63) is 23.0 Å². The van der Waals surface area contributed by atoms with Gasteiger partial charge in [0.1, 0.15) is 0 Å². The molecule has 8 nitrogen and oxygen atoms in total. The fourth-order valence-corrected chi connectivity index (χ4v) is 2.05. The van der Waals surface area contributed by atoms with Gasteiger partial charge >= 0.3 is 0 Å². The number of aromatic nitrogens is 2. The Balaban J connectivity index is 2.50. The summed E-state index contributed by atoms with van der Waals surface area (Å²) in [5.41, 5.74) is 8.01. The minimum Gasteiger partial charge on any atom is -0.339 e. The predicted octanol–water partition coefficient (Wildman–Crippen LogP) is 0.399. The lowest BCUT2D eigenvalue weighted by Gasteiger charge is -2.01. The summed E-state index contributed by atoms with van der Waals surface area (Å²) in [6.45, 7) is 0.485. The molecule has 1 N–H and O–H groups in total. The molecule has 0 aliphatic carbocycles. The van der Waals surface area contributed by atoms with E-state index < -0.39 is 10.0 Å². The molecule has 0 saturated carbocycles. The zero-order valence-electron chi connectivity index (χ0n) is 8.74. The highest BCUT2D eigenvalue weighted by atomic mass is 32.2. The van der Waals surface area contributed by atoms with E-state index in [2.05, 4.69) is 19.7 Å². The Morgan fingerprint density at radius 3 is 3.00 bits per heavy atom. The third kappa shape index (κ3) is 3.54.